The lowest BCUT2D eigenvalue weighted by Gasteiger charge is -2.32. The number of aromatic carboxylic acids is 1. The Balaban J connectivity index is 1.91. The highest BCUT2D eigenvalue weighted by Gasteiger charge is 2.28. The summed E-state index contributed by atoms with van der Waals surface area (Å²) >= 11 is 0. The molecule has 4 nitrogen and oxygen atoms in total. The molecule has 0 spiro atoms. The first-order valence-electron chi connectivity index (χ1n) is 7.08. The highest BCUT2D eigenvalue weighted by atomic mass is 16.5. The lowest BCUT2D eigenvalue weighted by Crippen LogP contribution is -2.26. The molecule has 1 aromatic heterocycles. The lowest BCUT2D eigenvalue weighted by molar-refractivity contribution is 0.0662. The van der Waals surface area contributed by atoms with Gasteiger partial charge in [0.15, 0.2) is 5.76 Å². The van der Waals surface area contributed by atoms with E-state index in [4.69, 9.17) is 14.3 Å². The molecule has 22 heavy (non-hydrogen) atoms. The molecule has 3 rings (SSSR count). The average Bonchev–Trinajstić information content (AvgIpc) is 2.94. The second-order valence-corrected chi connectivity index (χ2v) is 5.91. The van der Waals surface area contributed by atoms with Crippen molar-refractivity contribution in [3.05, 3.63) is 53.0 Å². The van der Waals surface area contributed by atoms with Gasteiger partial charge in [-0.25, -0.2) is 4.79 Å². The summed E-state index contributed by atoms with van der Waals surface area (Å²) in [4.78, 5) is 10.8. The number of benzene rings is 1. The number of rotatable bonds is 1. The third-order valence-corrected chi connectivity index (χ3v) is 3.84. The fraction of sp³-hybridized carbons (Fsp3) is 0.278. The largest absolute Gasteiger partial charge is 0.493 e. The van der Waals surface area contributed by atoms with Crippen molar-refractivity contribution in [2.75, 3.05) is 6.61 Å². The van der Waals surface area contributed by atoms with Gasteiger partial charge in [-0.15, -0.1) is 0 Å². The first kappa shape index (κ1) is 14.3. The molecule has 0 amide bonds. The van der Waals surface area contributed by atoms with Crippen molar-refractivity contribution in [3.8, 4) is 17.6 Å². The average molecular weight is 296 g/mol. The van der Waals surface area contributed by atoms with Crippen LogP contribution in [0.15, 0.2) is 34.7 Å². The number of ether oxygens (including phenoxy) is 1. The van der Waals surface area contributed by atoms with E-state index in [-0.39, 0.29) is 11.2 Å². The minimum atomic E-state index is -1.10. The van der Waals surface area contributed by atoms with Gasteiger partial charge >= 0.3 is 5.97 Å². The van der Waals surface area contributed by atoms with Gasteiger partial charge in [-0.05, 0) is 48.1 Å². The van der Waals surface area contributed by atoms with Crippen molar-refractivity contribution < 1.29 is 19.1 Å². The Kier molecular flexibility index (Phi) is 3.42. The quantitative estimate of drug-likeness (QED) is 0.819. The molecule has 0 fully saturated rings. The second kappa shape index (κ2) is 5.27. The van der Waals surface area contributed by atoms with Crippen LogP contribution in [0, 0.1) is 11.8 Å². The first-order chi connectivity index (χ1) is 10.5. The SMILES string of the molecule is CC1(C)CCOc2ccc(C#Cc3ccc(C(=O)O)o3)cc21. The second-order valence-electron chi connectivity index (χ2n) is 5.91. The highest BCUT2D eigenvalue weighted by Crippen LogP contribution is 2.38. The van der Waals surface area contributed by atoms with Crippen LogP contribution in [0.1, 0.15) is 47.7 Å². The number of hydrogen-bond acceptors (Lipinski definition) is 3. The Morgan fingerprint density at radius 2 is 2.05 bits per heavy atom. The normalized spacial score (nSPS) is 15.2. The maximum absolute atomic E-state index is 10.8. The summed E-state index contributed by atoms with van der Waals surface area (Å²) in [5.74, 6) is 5.90. The third kappa shape index (κ3) is 2.71. The van der Waals surface area contributed by atoms with Crippen molar-refractivity contribution in [2.45, 2.75) is 25.7 Å². The Hall–Kier alpha value is -2.67. The fourth-order valence-corrected chi connectivity index (χ4v) is 2.47. The predicted molar refractivity (Wildman–Crippen MR) is 81.2 cm³/mol. The fourth-order valence-electron chi connectivity index (χ4n) is 2.47. The summed E-state index contributed by atoms with van der Waals surface area (Å²) in [6, 6.07) is 8.82. The summed E-state index contributed by atoms with van der Waals surface area (Å²) in [7, 11) is 0. The van der Waals surface area contributed by atoms with E-state index in [9.17, 15) is 4.79 Å². The number of carboxylic acid groups (broad SMARTS) is 1. The van der Waals surface area contributed by atoms with Crippen molar-refractivity contribution in [1.82, 2.24) is 0 Å². The zero-order chi connectivity index (χ0) is 15.7. The van der Waals surface area contributed by atoms with Gasteiger partial charge in [0, 0.05) is 11.1 Å². The van der Waals surface area contributed by atoms with E-state index in [0.717, 1.165) is 29.9 Å². The number of carbonyl (C=O) groups is 1. The van der Waals surface area contributed by atoms with E-state index in [0.29, 0.717) is 5.76 Å². The zero-order valence-corrected chi connectivity index (χ0v) is 12.5. The summed E-state index contributed by atoms with van der Waals surface area (Å²) in [6.07, 6.45) is 0.969. The highest BCUT2D eigenvalue weighted by molar-refractivity contribution is 5.84. The molecular formula is C18H16O4. The summed E-state index contributed by atoms with van der Waals surface area (Å²) in [6.45, 7) is 5.11. The van der Waals surface area contributed by atoms with Crippen molar-refractivity contribution in [2.24, 2.45) is 0 Å². The standard InChI is InChI=1S/C18H16O4/c1-18(2)9-10-21-15-7-4-12(11-14(15)18)3-5-13-6-8-16(22-13)17(19)20/h4,6-8,11H,9-10H2,1-2H3,(H,19,20). The van der Waals surface area contributed by atoms with Gasteiger partial charge in [-0.1, -0.05) is 19.8 Å². The van der Waals surface area contributed by atoms with Crippen LogP contribution in [0.2, 0.25) is 0 Å². The molecule has 112 valence electrons. The topological polar surface area (TPSA) is 59.7 Å². The first-order valence-corrected chi connectivity index (χ1v) is 7.08. The van der Waals surface area contributed by atoms with E-state index in [1.165, 1.54) is 6.07 Å². The maximum atomic E-state index is 10.8. The molecule has 1 aliphatic heterocycles. The van der Waals surface area contributed by atoms with E-state index >= 15 is 0 Å². The van der Waals surface area contributed by atoms with E-state index in [1.807, 2.05) is 18.2 Å². The molecule has 1 aliphatic rings. The van der Waals surface area contributed by atoms with Gasteiger partial charge in [0.25, 0.3) is 0 Å². The van der Waals surface area contributed by atoms with E-state index in [2.05, 4.69) is 25.7 Å². The smallest absolute Gasteiger partial charge is 0.371 e. The van der Waals surface area contributed by atoms with Crippen LogP contribution >= 0.6 is 0 Å². The molecular weight excluding hydrogens is 280 g/mol. The molecule has 0 saturated carbocycles. The Morgan fingerprint density at radius 1 is 1.23 bits per heavy atom. The molecule has 4 heteroatoms. The molecule has 0 unspecified atom stereocenters. The van der Waals surface area contributed by atoms with Gasteiger partial charge in [0.1, 0.15) is 5.75 Å². The zero-order valence-electron chi connectivity index (χ0n) is 12.5. The molecule has 0 atom stereocenters. The lowest BCUT2D eigenvalue weighted by atomic mass is 9.79. The Morgan fingerprint density at radius 3 is 2.77 bits per heavy atom. The van der Waals surface area contributed by atoms with Gasteiger partial charge < -0.3 is 14.3 Å². The molecule has 1 aromatic carbocycles. The Labute approximate surface area is 128 Å². The van der Waals surface area contributed by atoms with Crippen LogP contribution in [0.25, 0.3) is 0 Å². The summed E-state index contributed by atoms with van der Waals surface area (Å²) in [5.41, 5.74) is 2.06. The molecule has 0 aliphatic carbocycles. The maximum Gasteiger partial charge on any atom is 0.371 e. The summed E-state index contributed by atoms with van der Waals surface area (Å²) in [5, 5.41) is 8.82. The van der Waals surface area contributed by atoms with Crippen LogP contribution in [0.3, 0.4) is 0 Å². The molecule has 0 bridgehead atoms. The monoisotopic (exact) mass is 296 g/mol. The molecule has 2 heterocycles. The minimum Gasteiger partial charge on any atom is -0.493 e. The predicted octanol–water partition coefficient (Wildman–Crippen LogP) is 3.44. The van der Waals surface area contributed by atoms with Crippen LogP contribution in [0.5, 0.6) is 5.75 Å². The van der Waals surface area contributed by atoms with Crippen LogP contribution in [-0.4, -0.2) is 17.7 Å². The molecule has 0 radical (unpaired) electrons. The van der Waals surface area contributed by atoms with Crippen LogP contribution in [0.4, 0.5) is 0 Å². The molecule has 2 aromatic rings. The number of hydrogen-bond donors (Lipinski definition) is 1. The molecule has 1 N–H and O–H groups in total. The van der Waals surface area contributed by atoms with E-state index < -0.39 is 5.97 Å². The van der Waals surface area contributed by atoms with E-state index in [1.54, 1.807) is 6.07 Å². The number of carboxylic acids is 1. The van der Waals surface area contributed by atoms with Gasteiger partial charge in [-0.2, -0.15) is 0 Å². The van der Waals surface area contributed by atoms with Crippen molar-refractivity contribution >= 4 is 5.97 Å². The summed E-state index contributed by atoms with van der Waals surface area (Å²) < 4.78 is 10.8. The van der Waals surface area contributed by atoms with Crippen LogP contribution < -0.4 is 4.74 Å². The van der Waals surface area contributed by atoms with Gasteiger partial charge in [-0.3, -0.25) is 0 Å². The van der Waals surface area contributed by atoms with Crippen molar-refractivity contribution in [3.63, 3.8) is 0 Å². The number of furan rings is 1. The van der Waals surface area contributed by atoms with Gasteiger partial charge in [0.05, 0.1) is 6.61 Å². The molecule has 0 saturated heterocycles. The van der Waals surface area contributed by atoms with Crippen molar-refractivity contribution in [1.29, 1.82) is 0 Å². The Bertz CT molecular complexity index is 787. The third-order valence-electron chi connectivity index (χ3n) is 3.84. The van der Waals surface area contributed by atoms with Gasteiger partial charge in [0.2, 0.25) is 5.76 Å². The number of fused-ring (bicyclic) bond motifs is 1. The van der Waals surface area contributed by atoms with Crippen LogP contribution in [-0.2, 0) is 5.41 Å². The minimum absolute atomic E-state index is 0.0619.